The van der Waals surface area contributed by atoms with E-state index in [0.29, 0.717) is 10.0 Å². The number of nitrogens with one attached hydrogen (secondary N) is 2. The fraction of sp³-hybridized carbons (Fsp3) is 0.400. The molecule has 1 fully saturated rings. The van der Waals surface area contributed by atoms with E-state index in [1.165, 1.54) is 0 Å². The number of urea groups is 1. The van der Waals surface area contributed by atoms with Crippen molar-refractivity contribution in [3.63, 3.8) is 0 Å². The van der Waals surface area contributed by atoms with Gasteiger partial charge in [0, 0.05) is 0 Å². The van der Waals surface area contributed by atoms with Gasteiger partial charge in [-0.3, -0.25) is 14.9 Å². The molecule has 23 heavy (non-hydrogen) atoms. The van der Waals surface area contributed by atoms with Crippen LogP contribution in [0.1, 0.15) is 31.4 Å². The first-order valence-corrected chi connectivity index (χ1v) is 7.99. The fourth-order valence-corrected chi connectivity index (χ4v) is 2.67. The van der Waals surface area contributed by atoms with E-state index in [1.54, 1.807) is 18.2 Å². The Bertz CT molecular complexity index is 636. The standard InChI is InChI=1S/C15H17Cl2N3O3/c1-2-3-12(9-4-5-10(16)11(17)6-9)18-13(21)7-20-8-14(22)19-15(20)23/h4-6,12H,2-3,7-8H2,1H3,(H,18,21)(H,19,22,23). The van der Waals surface area contributed by atoms with Crippen LogP contribution < -0.4 is 10.6 Å². The summed E-state index contributed by atoms with van der Waals surface area (Å²) in [6, 6.07) is 4.42. The summed E-state index contributed by atoms with van der Waals surface area (Å²) >= 11 is 11.9. The summed E-state index contributed by atoms with van der Waals surface area (Å²) in [5, 5.41) is 5.87. The normalized spacial score (nSPS) is 15.5. The van der Waals surface area contributed by atoms with Crippen molar-refractivity contribution in [3.05, 3.63) is 33.8 Å². The highest BCUT2D eigenvalue weighted by Crippen LogP contribution is 2.27. The maximum absolute atomic E-state index is 12.2. The smallest absolute Gasteiger partial charge is 0.325 e. The average molecular weight is 358 g/mol. The van der Waals surface area contributed by atoms with Crippen LogP contribution in [-0.4, -0.2) is 35.8 Å². The second-order valence-electron chi connectivity index (χ2n) is 5.29. The van der Waals surface area contributed by atoms with Gasteiger partial charge in [0.2, 0.25) is 11.8 Å². The molecule has 0 aromatic heterocycles. The second-order valence-corrected chi connectivity index (χ2v) is 6.11. The molecule has 4 amide bonds. The van der Waals surface area contributed by atoms with Gasteiger partial charge in [-0.15, -0.1) is 0 Å². The molecule has 1 aliphatic rings. The third kappa shape index (κ3) is 4.59. The van der Waals surface area contributed by atoms with E-state index in [4.69, 9.17) is 23.2 Å². The molecule has 1 unspecified atom stereocenters. The Morgan fingerprint density at radius 2 is 2.09 bits per heavy atom. The van der Waals surface area contributed by atoms with E-state index in [0.717, 1.165) is 23.3 Å². The first kappa shape index (κ1) is 17.6. The van der Waals surface area contributed by atoms with Gasteiger partial charge in [-0.1, -0.05) is 42.6 Å². The number of nitrogens with zero attached hydrogens (tertiary/aromatic N) is 1. The molecule has 1 aliphatic heterocycles. The van der Waals surface area contributed by atoms with Crippen molar-refractivity contribution in [2.75, 3.05) is 13.1 Å². The number of halogens is 2. The average Bonchev–Trinajstić information content (AvgIpc) is 2.79. The van der Waals surface area contributed by atoms with E-state index in [2.05, 4.69) is 10.6 Å². The Morgan fingerprint density at radius 3 is 2.65 bits per heavy atom. The van der Waals surface area contributed by atoms with Crippen molar-refractivity contribution in [2.45, 2.75) is 25.8 Å². The lowest BCUT2D eigenvalue weighted by Crippen LogP contribution is -2.40. The number of carbonyl (C=O) groups excluding carboxylic acids is 3. The number of benzene rings is 1. The van der Waals surface area contributed by atoms with Gasteiger partial charge in [0.25, 0.3) is 0 Å². The van der Waals surface area contributed by atoms with Crippen LogP contribution in [0.4, 0.5) is 4.79 Å². The van der Waals surface area contributed by atoms with Gasteiger partial charge in [-0.25, -0.2) is 4.79 Å². The summed E-state index contributed by atoms with van der Waals surface area (Å²) in [7, 11) is 0. The molecular formula is C15H17Cl2N3O3. The van der Waals surface area contributed by atoms with Gasteiger partial charge in [0.1, 0.15) is 13.1 Å². The molecule has 0 radical (unpaired) electrons. The Kier molecular flexibility index (Phi) is 5.85. The summed E-state index contributed by atoms with van der Waals surface area (Å²) in [6.07, 6.45) is 1.57. The molecule has 1 heterocycles. The predicted molar refractivity (Wildman–Crippen MR) is 87.4 cm³/mol. The van der Waals surface area contributed by atoms with Crippen LogP contribution in [0, 0.1) is 0 Å². The van der Waals surface area contributed by atoms with Gasteiger partial charge >= 0.3 is 6.03 Å². The van der Waals surface area contributed by atoms with Gasteiger partial charge in [-0.2, -0.15) is 0 Å². The maximum Gasteiger partial charge on any atom is 0.325 e. The molecule has 1 atom stereocenters. The molecule has 2 N–H and O–H groups in total. The van der Waals surface area contributed by atoms with Gasteiger partial charge in [-0.05, 0) is 24.1 Å². The Hall–Kier alpha value is -1.79. The van der Waals surface area contributed by atoms with Crippen LogP contribution in [0.15, 0.2) is 18.2 Å². The highest BCUT2D eigenvalue weighted by molar-refractivity contribution is 6.42. The predicted octanol–water partition coefficient (Wildman–Crippen LogP) is 2.50. The van der Waals surface area contributed by atoms with E-state index < -0.39 is 11.9 Å². The molecule has 0 spiro atoms. The summed E-state index contributed by atoms with van der Waals surface area (Å²) < 4.78 is 0. The van der Waals surface area contributed by atoms with E-state index in [9.17, 15) is 14.4 Å². The maximum atomic E-state index is 12.2. The van der Waals surface area contributed by atoms with Crippen molar-refractivity contribution >= 4 is 41.0 Å². The quantitative estimate of drug-likeness (QED) is 0.767. The lowest BCUT2D eigenvalue weighted by atomic mass is 10.0. The summed E-state index contributed by atoms with van der Waals surface area (Å²) in [4.78, 5) is 35.9. The number of hydrogen-bond donors (Lipinski definition) is 2. The summed E-state index contributed by atoms with van der Waals surface area (Å²) in [5.41, 5.74) is 0.844. The van der Waals surface area contributed by atoms with Crippen molar-refractivity contribution in [3.8, 4) is 0 Å². The summed E-state index contributed by atoms with van der Waals surface area (Å²) in [5.74, 6) is -0.739. The van der Waals surface area contributed by atoms with Crippen LogP contribution in [0.5, 0.6) is 0 Å². The van der Waals surface area contributed by atoms with Crippen molar-refractivity contribution in [1.29, 1.82) is 0 Å². The monoisotopic (exact) mass is 357 g/mol. The molecule has 6 nitrogen and oxygen atoms in total. The summed E-state index contributed by atoms with van der Waals surface area (Å²) in [6.45, 7) is 1.74. The van der Waals surface area contributed by atoms with Crippen molar-refractivity contribution in [2.24, 2.45) is 0 Å². The highest BCUT2D eigenvalue weighted by Gasteiger charge is 2.28. The molecule has 124 valence electrons. The minimum absolute atomic E-state index is 0.0997. The van der Waals surface area contributed by atoms with Crippen molar-refractivity contribution < 1.29 is 14.4 Å². The molecule has 0 bridgehead atoms. The number of rotatable bonds is 6. The largest absolute Gasteiger partial charge is 0.348 e. The zero-order chi connectivity index (χ0) is 17.0. The van der Waals surface area contributed by atoms with Crippen LogP contribution in [-0.2, 0) is 9.59 Å². The zero-order valence-corrected chi connectivity index (χ0v) is 14.1. The van der Waals surface area contributed by atoms with Crippen LogP contribution in [0.3, 0.4) is 0 Å². The first-order chi connectivity index (χ1) is 10.9. The third-order valence-electron chi connectivity index (χ3n) is 3.46. The topological polar surface area (TPSA) is 78.5 Å². The molecule has 1 saturated heterocycles. The Balaban J connectivity index is 2.03. The van der Waals surface area contributed by atoms with E-state index in [-0.39, 0.29) is 25.0 Å². The highest BCUT2D eigenvalue weighted by atomic mass is 35.5. The van der Waals surface area contributed by atoms with Crippen LogP contribution >= 0.6 is 23.2 Å². The number of carbonyl (C=O) groups is 3. The molecule has 2 rings (SSSR count). The molecule has 1 aromatic rings. The number of amides is 4. The second kappa shape index (κ2) is 7.66. The van der Waals surface area contributed by atoms with Gasteiger partial charge in [0.15, 0.2) is 0 Å². The minimum atomic E-state index is -0.549. The third-order valence-corrected chi connectivity index (χ3v) is 4.20. The molecular weight excluding hydrogens is 341 g/mol. The first-order valence-electron chi connectivity index (χ1n) is 7.23. The molecule has 0 saturated carbocycles. The lowest BCUT2D eigenvalue weighted by molar-refractivity contribution is -0.122. The molecule has 0 aliphatic carbocycles. The number of hydrogen-bond acceptors (Lipinski definition) is 3. The van der Waals surface area contributed by atoms with E-state index >= 15 is 0 Å². The van der Waals surface area contributed by atoms with Gasteiger partial charge < -0.3 is 10.2 Å². The minimum Gasteiger partial charge on any atom is -0.348 e. The Morgan fingerprint density at radius 1 is 1.35 bits per heavy atom. The Labute approximate surface area is 144 Å². The SMILES string of the molecule is CCCC(NC(=O)CN1CC(=O)NC1=O)c1ccc(Cl)c(Cl)c1. The van der Waals surface area contributed by atoms with Gasteiger partial charge in [0.05, 0.1) is 16.1 Å². The van der Waals surface area contributed by atoms with Crippen LogP contribution in [0.25, 0.3) is 0 Å². The molecule has 8 heteroatoms. The zero-order valence-electron chi connectivity index (χ0n) is 12.6. The lowest BCUT2D eigenvalue weighted by Gasteiger charge is -2.21. The van der Waals surface area contributed by atoms with Crippen molar-refractivity contribution in [1.82, 2.24) is 15.5 Å². The van der Waals surface area contributed by atoms with Crippen LogP contribution in [0.2, 0.25) is 10.0 Å². The van der Waals surface area contributed by atoms with E-state index in [1.807, 2.05) is 6.92 Å². The number of imide groups is 1. The molecule has 1 aromatic carbocycles. The fourth-order valence-electron chi connectivity index (χ4n) is 2.36.